The molecule has 0 unspecified atom stereocenters. The average molecular weight is 290 g/mol. The normalized spacial score (nSPS) is 17.8. The molecule has 1 N–H and O–H groups in total. The van der Waals surface area contributed by atoms with Crippen molar-refractivity contribution in [2.24, 2.45) is 0 Å². The van der Waals surface area contributed by atoms with E-state index in [0.29, 0.717) is 6.42 Å². The molecular formula is C14H18N4OS. The largest absolute Gasteiger partial charge is 0.351 e. The molecule has 5 nitrogen and oxygen atoms in total. The predicted molar refractivity (Wildman–Crippen MR) is 77.7 cm³/mol. The topological polar surface area (TPSA) is 59.8 Å². The number of nitrogens with zero attached hydrogens (tertiary/aromatic N) is 3. The molecule has 3 rings (SSSR count). The lowest BCUT2D eigenvalue weighted by molar-refractivity contribution is -0.121. The van der Waals surface area contributed by atoms with Gasteiger partial charge in [-0.2, -0.15) is 0 Å². The number of thiazole rings is 1. The Hall–Kier alpha value is -1.69. The molecule has 1 aliphatic rings. The lowest BCUT2D eigenvalue weighted by atomic mass is 10.1. The van der Waals surface area contributed by atoms with Gasteiger partial charge < -0.3 is 9.88 Å². The van der Waals surface area contributed by atoms with Crippen LogP contribution < -0.4 is 5.32 Å². The van der Waals surface area contributed by atoms with Crippen LogP contribution in [0.4, 0.5) is 0 Å². The summed E-state index contributed by atoms with van der Waals surface area (Å²) in [6, 6.07) is 0.202. The predicted octanol–water partition coefficient (Wildman–Crippen LogP) is 1.58. The van der Waals surface area contributed by atoms with Gasteiger partial charge in [-0.3, -0.25) is 4.79 Å². The molecule has 0 aliphatic carbocycles. The Morgan fingerprint density at radius 2 is 2.50 bits per heavy atom. The molecule has 6 heteroatoms. The van der Waals surface area contributed by atoms with Gasteiger partial charge in [-0.15, -0.1) is 11.3 Å². The molecule has 1 atom stereocenters. The Labute approximate surface area is 122 Å². The van der Waals surface area contributed by atoms with Gasteiger partial charge >= 0.3 is 0 Å². The molecule has 3 heterocycles. The zero-order valence-electron chi connectivity index (χ0n) is 11.5. The molecule has 20 heavy (non-hydrogen) atoms. The molecule has 2 aromatic rings. The van der Waals surface area contributed by atoms with Gasteiger partial charge in [0.05, 0.1) is 17.1 Å². The third-order valence-corrected chi connectivity index (χ3v) is 4.59. The Balaban J connectivity index is 1.54. The third-order valence-electron chi connectivity index (χ3n) is 3.54. The van der Waals surface area contributed by atoms with Gasteiger partial charge in [-0.05, 0) is 12.8 Å². The number of carbonyl (C=O) groups excluding carboxylic acids is 1. The van der Waals surface area contributed by atoms with Crippen LogP contribution in [0.2, 0.25) is 0 Å². The molecule has 0 saturated carbocycles. The van der Waals surface area contributed by atoms with E-state index in [1.54, 1.807) is 11.3 Å². The fraction of sp³-hybridized carbons (Fsp3) is 0.500. The fourth-order valence-electron chi connectivity index (χ4n) is 2.52. The quantitative estimate of drug-likeness (QED) is 0.930. The first-order chi connectivity index (χ1) is 9.74. The van der Waals surface area contributed by atoms with Crippen LogP contribution >= 0.6 is 11.3 Å². The molecule has 1 amide bonds. The van der Waals surface area contributed by atoms with Crippen molar-refractivity contribution in [1.29, 1.82) is 0 Å². The summed E-state index contributed by atoms with van der Waals surface area (Å²) in [7, 11) is 0. The van der Waals surface area contributed by atoms with Crippen LogP contribution in [0, 0.1) is 0 Å². The van der Waals surface area contributed by atoms with Crippen molar-refractivity contribution in [1.82, 2.24) is 19.9 Å². The van der Waals surface area contributed by atoms with Gasteiger partial charge in [0.2, 0.25) is 5.91 Å². The highest BCUT2D eigenvalue weighted by atomic mass is 32.1. The van der Waals surface area contributed by atoms with Crippen LogP contribution in [0.1, 0.15) is 29.9 Å². The lowest BCUT2D eigenvalue weighted by Crippen LogP contribution is -2.41. The second-order valence-corrected chi connectivity index (χ2v) is 6.00. The zero-order chi connectivity index (χ0) is 13.9. The minimum Gasteiger partial charge on any atom is -0.351 e. The number of hydrogen-bond donors (Lipinski definition) is 1. The van der Waals surface area contributed by atoms with E-state index < -0.39 is 0 Å². The molecule has 0 aromatic carbocycles. The number of nitrogens with one attached hydrogen (secondary N) is 1. The molecule has 0 bridgehead atoms. The summed E-state index contributed by atoms with van der Waals surface area (Å²) in [5.41, 5.74) is 0.878. The van der Waals surface area contributed by atoms with Crippen LogP contribution in [-0.4, -0.2) is 26.5 Å². The van der Waals surface area contributed by atoms with E-state index >= 15 is 0 Å². The van der Waals surface area contributed by atoms with Crippen LogP contribution in [0.15, 0.2) is 17.8 Å². The smallest absolute Gasteiger partial charge is 0.226 e. The zero-order valence-corrected chi connectivity index (χ0v) is 12.3. The molecule has 2 aromatic heterocycles. The maximum Gasteiger partial charge on any atom is 0.226 e. The molecule has 0 radical (unpaired) electrons. The second kappa shape index (κ2) is 5.75. The van der Waals surface area contributed by atoms with Gasteiger partial charge in [-0.1, -0.05) is 6.92 Å². The Morgan fingerprint density at radius 3 is 3.30 bits per heavy atom. The number of aryl methyl sites for hydroxylation is 2. The van der Waals surface area contributed by atoms with E-state index in [1.807, 2.05) is 17.8 Å². The maximum absolute atomic E-state index is 12.1. The molecular weight excluding hydrogens is 272 g/mol. The van der Waals surface area contributed by atoms with E-state index in [9.17, 15) is 4.79 Å². The van der Waals surface area contributed by atoms with Crippen LogP contribution in [0.3, 0.4) is 0 Å². The van der Waals surface area contributed by atoms with Crippen molar-refractivity contribution in [3.8, 4) is 0 Å². The summed E-state index contributed by atoms with van der Waals surface area (Å²) in [5, 5.41) is 6.17. The van der Waals surface area contributed by atoms with Crippen molar-refractivity contribution < 1.29 is 4.79 Å². The minimum atomic E-state index is 0.0616. The second-order valence-electron chi connectivity index (χ2n) is 5.06. The third kappa shape index (κ3) is 2.90. The number of fused-ring (bicyclic) bond motifs is 1. The van der Waals surface area contributed by atoms with Gasteiger partial charge in [-0.25, -0.2) is 9.97 Å². The van der Waals surface area contributed by atoms with Crippen LogP contribution in [0.5, 0.6) is 0 Å². The summed E-state index contributed by atoms with van der Waals surface area (Å²) >= 11 is 1.63. The van der Waals surface area contributed by atoms with Crippen molar-refractivity contribution in [2.75, 3.05) is 0 Å². The summed E-state index contributed by atoms with van der Waals surface area (Å²) in [6.45, 7) is 2.89. The highest BCUT2D eigenvalue weighted by Crippen LogP contribution is 2.14. The summed E-state index contributed by atoms with van der Waals surface area (Å²) < 4.78 is 2.12. The Kier molecular flexibility index (Phi) is 3.82. The van der Waals surface area contributed by atoms with Crippen molar-refractivity contribution in [2.45, 2.75) is 45.2 Å². The number of hydrogen-bond acceptors (Lipinski definition) is 4. The monoisotopic (exact) mass is 290 g/mol. The molecule has 106 valence electrons. The number of rotatable bonds is 4. The first kappa shape index (κ1) is 13.3. The molecule has 0 saturated heterocycles. The van der Waals surface area contributed by atoms with Crippen LogP contribution in [0.25, 0.3) is 0 Å². The van der Waals surface area contributed by atoms with Gasteiger partial charge in [0.15, 0.2) is 0 Å². The number of amides is 1. The SMILES string of the molecule is CCc1nc(CC(=O)N[C@@H]2CCc3nccn3C2)cs1. The molecule has 1 aliphatic heterocycles. The van der Waals surface area contributed by atoms with E-state index in [2.05, 4.69) is 26.8 Å². The van der Waals surface area contributed by atoms with E-state index in [-0.39, 0.29) is 11.9 Å². The van der Waals surface area contributed by atoms with Gasteiger partial charge in [0, 0.05) is 36.8 Å². The highest BCUT2D eigenvalue weighted by Gasteiger charge is 2.20. The van der Waals surface area contributed by atoms with Crippen LogP contribution in [-0.2, 0) is 30.6 Å². The summed E-state index contributed by atoms with van der Waals surface area (Å²) in [4.78, 5) is 20.8. The molecule has 0 spiro atoms. The van der Waals surface area contributed by atoms with E-state index in [4.69, 9.17) is 0 Å². The summed E-state index contributed by atoms with van der Waals surface area (Å²) in [6.07, 6.45) is 6.99. The standard InChI is InChI=1S/C14H18N4OS/c1-2-14-17-11(9-20-14)7-13(19)16-10-3-4-12-15-5-6-18(12)8-10/h5-6,9-10H,2-4,7-8H2,1H3,(H,16,19)/t10-/m1/s1. The number of imidazole rings is 1. The van der Waals surface area contributed by atoms with Gasteiger partial charge in [0.25, 0.3) is 0 Å². The number of carbonyl (C=O) groups is 1. The van der Waals surface area contributed by atoms with Crippen molar-refractivity contribution in [3.05, 3.63) is 34.3 Å². The van der Waals surface area contributed by atoms with Crippen molar-refractivity contribution in [3.63, 3.8) is 0 Å². The van der Waals surface area contributed by atoms with Gasteiger partial charge in [0.1, 0.15) is 5.82 Å². The maximum atomic E-state index is 12.1. The first-order valence-electron chi connectivity index (χ1n) is 6.97. The fourth-order valence-corrected chi connectivity index (χ4v) is 3.26. The molecule has 0 fully saturated rings. The number of aromatic nitrogens is 3. The van der Waals surface area contributed by atoms with E-state index in [0.717, 1.165) is 42.3 Å². The van der Waals surface area contributed by atoms with Crippen molar-refractivity contribution >= 4 is 17.2 Å². The van der Waals surface area contributed by atoms with E-state index in [1.165, 1.54) is 0 Å². The Morgan fingerprint density at radius 1 is 1.60 bits per heavy atom. The Bertz CT molecular complexity index is 604. The average Bonchev–Trinajstić information content (AvgIpc) is 3.06. The lowest BCUT2D eigenvalue weighted by Gasteiger charge is -2.24. The highest BCUT2D eigenvalue weighted by molar-refractivity contribution is 7.09. The minimum absolute atomic E-state index is 0.0616. The summed E-state index contributed by atoms with van der Waals surface area (Å²) in [5.74, 6) is 1.18. The first-order valence-corrected chi connectivity index (χ1v) is 7.85.